The van der Waals surface area contributed by atoms with E-state index in [1.165, 1.54) is 0 Å². The van der Waals surface area contributed by atoms with Gasteiger partial charge in [0.1, 0.15) is 28.0 Å². The van der Waals surface area contributed by atoms with E-state index in [-0.39, 0.29) is 0 Å². The summed E-state index contributed by atoms with van der Waals surface area (Å²) in [6, 6.07) is 13.5. The van der Waals surface area contributed by atoms with E-state index in [2.05, 4.69) is 10.1 Å². The fourth-order valence-electron chi connectivity index (χ4n) is 2.94. The Morgan fingerprint density at radius 2 is 2.03 bits per heavy atom. The maximum Gasteiger partial charge on any atom is 0.155 e. The van der Waals surface area contributed by atoms with Crippen LogP contribution in [0.3, 0.4) is 0 Å². The van der Waals surface area contributed by atoms with E-state index >= 15 is 0 Å². The largest absolute Gasteiger partial charge is 0.493 e. The molecule has 0 radical (unpaired) electrons. The molecule has 4 rings (SSSR count). The van der Waals surface area contributed by atoms with Crippen LogP contribution in [0.4, 0.5) is 0 Å². The molecule has 0 saturated carbocycles. The summed E-state index contributed by atoms with van der Waals surface area (Å²) in [5, 5.41) is 5.90. The van der Waals surface area contributed by atoms with E-state index < -0.39 is 5.60 Å². The Morgan fingerprint density at radius 1 is 1.17 bits per heavy atom. The molecule has 0 saturated heterocycles. The number of nitrogens with zero attached hydrogens (tertiary/aromatic N) is 3. The maximum atomic E-state index is 6.20. The van der Waals surface area contributed by atoms with E-state index in [1.54, 1.807) is 6.33 Å². The van der Waals surface area contributed by atoms with Gasteiger partial charge < -0.3 is 18.4 Å². The highest BCUT2D eigenvalue weighted by Gasteiger charge is 2.13. The molecule has 0 aliphatic carbocycles. The number of hydrogen-bond donors (Lipinski definition) is 0. The van der Waals surface area contributed by atoms with Crippen LogP contribution in [-0.2, 0) is 4.84 Å². The van der Waals surface area contributed by atoms with Crippen molar-refractivity contribution in [3.8, 4) is 17.2 Å². The molecule has 0 aliphatic rings. The van der Waals surface area contributed by atoms with E-state index in [4.69, 9.17) is 25.6 Å². The van der Waals surface area contributed by atoms with Crippen LogP contribution in [0.5, 0.6) is 5.75 Å². The number of alkyl halides is 1. The van der Waals surface area contributed by atoms with Crippen molar-refractivity contribution >= 4 is 28.1 Å². The minimum atomic E-state index is -0.410. The second kappa shape index (κ2) is 8.40. The standard InChI is InChI=1S/C23H24ClN3O3/c1-23(2,3)30-26-19-14-22(20-12-16-6-4-10-27(16)15-25-20)29-21-13-17(7-8-18(19)21)28-11-5-9-24/h4,6-8,10,12-15H,5,9,11H2,1-3H3. The van der Waals surface area contributed by atoms with Crippen molar-refractivity contribution < 1.29 is 14.0 Å². The summed E-state index contributed by atoms with van der Waals surface area (Å²) in [5.74, 6) is 1.87. The maximum absolute atomic E-state index is 6.20. The molecule has 3 heterocycles. The number of hydrogen-bond acceptors (Lipinski definition) is 5. The predicted octanol–water partition coefficient (Wildman–Crippen LogP) is 5.39. The van der Waals surface area contributed by atoms with Gasteiger partial charge >= 0.3 is 0 Å². The second-order valence-corrected chi connectivity index (χ2v) is 8.33. The first-order valence-electron chi connectivity index (χ1n) is 9.85. The molecule has 0 fully saturated rings. The summed E-state index contributed by atoms with van der Waals surface area (Å²) in [5.41, 5.74) is 1.97. The monoisotopic (exact) mass is 425 g/mol. The van der Waals surface area contributed by atoms with Crippen LogP contribution in [-0.4, -0.2) is 27.5 Å². The van der Waals surface area contributed by atoms with Crippen LogP contribution >= 0.6 is 11.6 Å². The van der Waals surface area contributed by atoms with E-state index in [0.717, 1.165) is 17.3 Å². The van der Waals surface area contributed by atoms with Crippen molar-refractivity contribution in [3.05, 3.63) is 60.3 Å². The molecule has 1 aromatic carbocycles. The average Bonchev–Trinajstić information content (AvgIpc) is 3.19. The van der Waals surface area contributed by atoms with Gasteiger partial charge in [0.2, 0.25) is 0 Å². The van der Waals surface area contributed by atoms with Gasteiger partial charge in [0.25, 0.3) is 0 Å². The minimum Gasteiger partial charge on any atom is -0.493 e. The molecule has 0 atom stereocenters. The number of fused-ring (bicyclic) bond motifs is 2. The molecule has 6 nitrogen and oxygen atoms in total. The second-order valence-electron chi connectivity index (χ2n) is 7.95. The summed E-state index contributed by atoms with van der Waals surface area (Å²) in [4.78, 5) is 10.2. The van der Waals surface area contributed by atoms with Gasteiger partial charge in [-0.05, 0) is 57.5 Å². The van der Waals surface area contributed by atoms with E-state index in [1.807, 2.05) is 73.8 Å². The van der Waals surface area contributed by atoms with Crippen molar-refractivity contribution in [1.82, 2.24) is 9.38 Å². The fraction of sp³-hybridized carbons (Fsp3) is 0.304. The molecule has 0 spiro atoms. The van der Waals surface area contributed by atoms with Gasteiger partial charge in [-0.3, -0.25) is 0 Å². The van der Waals surface area contributed by atoms with Crippen LogP contribution < -0.4 is 10.1 Å². The van der Waals surface area contributed by atoms with Crippen molar-refractivity contribution in [2.45, 2.75) is 32.8 Å². The molecule has 0 bridgehead atoms. The lowest BCUT2D eigenvalue weighted by atomic mass is 10.2. The molecular formula is C23H24ClN3O3. The van der Waals surface area contributed by atoms with Gasteiger partial charge in [-0.15, -0.1) is 11.6 Å². The predicted molar refractivity (Wildman–Crippen MR) is 118 cm³/mol. The Balaban J connectivity index is 1.84. The Kier molecular flexibility index (Phi) is 5.68. The third-order valence-corrected chi connectivity index (χ3v) is 4.62. The number of ether oxygens (including phenoxy) is 1. The van der Waals surface area contributed by atoms with Crippen molar-refractivity contribution in [2.24, 2.45) is 5.16 Å². The van der Waals surface area contributed by atoms with Crippen molar-refractivity contribution in [3.63, 3.8) is 0 Å². The van der Waals surface area contributed by atoms with Gasteiger partial charge in [0.05, 0.1) is 12.9 Å². The highest BCUT2D eigenvalue weighted by molar-refractivity contribution is 6.17. The average molecular weight is 426 g/mol. The van der Waals surface area contributed by atoms with Crippen LogP contribution in [0.25, 0.3) is 27.9 Å². The van der Waals surface area contributed by atoms with E-state index in [9.17, 15) is 0 Å². The van der Waals surface area contributed by atoms with Crippen LogP contribution in [0, 0.1) is 0 Å². The highest BCUT2D eigenvalue weighted by Crippen LogP contribution is 2.25. The van der Waals surface area contributed by atoms with Gasteiger partial charge in [0, 0.05) is 35.1 Å². The normalized spacial score (nSPS) is 12.6. The molecule has 7 heteroatoms. The molecule has 156 valence electrons. The molecule has 0 unspecified atom stereocenters. The zero-order valence-corrected chi connectivity index (χ0v) is 18.0. The Morgan fingerprint density at radius 3 is 2.83 bits per heavy atom. The smallest absolute Gasteiger partial charge is 0.155 e. The van der Waals surface area contributed by atoms with Crippen LogP contribution in [0.1, 0.15) is 27.2 Å². The summed E-state index contributed by atoms with van der Waals surface area (Å²) >= 11 is 5.74. The molecule has 3 aromatic heterocycles. The summed E-state index contributed by atoms with van der Waals surface area (Å²) in [6.07, 6.45) is 4.49. The zero-order chi connectivity index (χ0) is 21.1. The van der Waals surface area contributed by atoms with E-state index in [0.29, 0.717) is 40.6 Å². The van der Waals surface area contributed by atoms with Crippen molar-refractivity contribution in [2.75, 3.05) is 12.5 Å². The molecule has 0 amide bonds. The third-order valence-electron chi connectivity index (χ3n) is 4.35. The summed E-state index contributed by atoms with van der Waals surface area (Å²) < 4.78 is 13.9. The van der Waals surface area contributed by atoms with Gasteiger partial charge in [-0.1, -0.05) is 5.16 Å². The summed E-state index contributed by atoms with van der Waals surface area (Å²) in [7, 11) is 0. The van der Waals surface area contributed by atoms with Gasteiger partial charge in [0.15, 0.2) is 5.76 Å². The Bertz CT molecular complexity index is 1240. The first-order valence-corrected chi connectivity index (χ1v) is 10.4. The first kappa shape index (κ1) is 20.3. The lowest BCUT2D eigenvalue weighted by Gasteiger charge is -2.15. The lowest BCUT2D eigenvalue weighted by molar-refractivity contribution is -0.00585. The molecule has 0 N–H and O–H groups in total. The third kappa shape index (κ3) is 4.60. The van der Waals surface area contributed by atoms with Gasteiger partial charge in [-0.2, -0.15) is 0 Å². The lowest BCUT2D eigenvalue weighted by Crippen LogP contribution is -2.18. The fourth-order valence-corrected chi connectivity index (χ4v) is 3.05. The molecule has 4 aromatic rings. The number of rotatable bonds is 6. The van der Waals surface area contributed by atoms with Crippen molar-refractivity contribution in [1.29, 1.82) is 0 Å². The Hall–Kier alpha value is -2.99. The number of aromatic nitrogens is 2. The molecule has 30 heavy (non-hydrogen) atoms. The SMILES string of the molecule is CC(C)(C)ON=c1cc(-c2cc3cccn3cn2)oc2cc(OCCCCl)ccc12. The topological polar surface area (TPSA) is 61.3 Å². The van der Waals surface area contributed by atoms with Crippen LogP contribution in [0.15, 0.2) is 64.6 Å². The van der Waals surface area contributed by atoms with Crippen LogP contribution in [0.2, 0.25) is 0 Å². The number of benzene rings is 1. The molecular weight excluding hydrogens is 402 g/mol. The first-order chi connectivity index (χ1) is 14.4. The van der Waals surface area contributed by atoms with Gasteiger partial charge in [-0.25, -0.2) is 4.98 Å². The summed E-state index contributed by atoms with van der Waals surface area (Å²) in [6.45, 7) is 6.42. The quantitative estimate of drug-likeness (QED) is 0.236. The Labute approximate surface area is 179 Å². The number of halogens is 1. The molecule has 0 aliphatic heterocycles. The minimum absolute atomic E-state index is 0.410. The zero-order valence-electron chi connectivity index (χ0n) is 17.3. The highest BCUT2D eigenvalue weighted by atomic mass is 35.5.